The van der Waals surface area contributed by atoms with E-state index in [0.29, 0.717) is 11.2 Å². The molecule has 0 unspecified atom stereocenters. The molecule has 3 heterocycles. The number of thiophene rings is 1. The number of hydrogen-bond acceptors (Lipinski definition) is 6. The molecule has 0 aliphatic heterocycles. The van der Waals surface area contributed by atoms with Crippen LogP contribution in [0.15, 0.2) is 40.4 Å². The van der Waals surface area contributed by atoms with Crippen molar-refractivity contribution in [3.05, 3.63) is 57.2 Å². The third-order valence-electron chi connectivity index (χ3n) is 5.36. The summed E-state index contributed by atoms with van der Waals surface area (Å²) in [6, 6.07) is 7.44. The molecule has 1 N–H and O–H groups in total. The molecule has 7 heteroatoms. The number of hydrogen-bond donors (Lipinski definition) is 1. The third-order valence-corrected chi connectivity index (χ3v) is 7.63. The van der Waals surface area contributed by atoms with Gasteiger partial charge in [0.25, 0.3) is 5.56 Å². The fourth-order valence-electron chi connectivity index (χ4n) is 3.86. The maximum absolute atomic E-state index is 12.4. The van der Waals surface area contributed by atoms with Crippen LogP contribution in [-0.2, 0) is 12.8 Å². The summed E-state index contributed by atoms with van der Waals surface area (Å²) in [5.74, 6) is 1.41. The summed E-state index contributed by atoms with van der Waals surface area (Å²) in [4.78, 5) is 31.7. The molecule has 0 radical (unpaired) electrons. The van der Waals surface area contributed by atoms with Crippen LogP contribution in [0.25, 0.3) is 21.1 Å². The number of aryl methyl sites for hydroxylation is 1. The Morgan fingerprint density at radius 3 is 3.04 bits per heavy atom. The molecule has 0 bridgehead atoms. The SMILES string of the molecule is C[C@H]1CCc2c(sc3ncnc(S[C@@H](C)c4nc5ccccc5c(=O)[nH]4)c23)C1. The van der Waals surface area contributed by atoms with Gasteiger partial charge in [-0.15, -0.1) is 11.3 Å². The molecule has 28 heavy (non-hydrogen) atoms. The second-order valence-corrected chi connectivity index (χ2v) is 9.85. The van der Waals surface area contributed by atoms with E-state index in [1.807, 2.05) is 18.2 Å². The van der Waals surface area contributed by atoms with Gasteiger partial charge in [-0.3, -0.25) is 4.79 Å². The molecule has 1 aromatic carbocycles. The number of nitrogens with zero attached hydrogens (tertiary/aromatic N) is 3. The molecule has 0 saturated carbocycles. The van der Waals surface area contributed by atoms with Gasteiger partial charge in [-0.25, -0.2) is 15.0 Å². The van der Waals surface area contributed by atoms with Crippen LogP contribution in [0.2, 0.25) is 0 Å². The van der Waals surface area contributed by atoms with E-state index < -0.39 is 0 Å². The molecular formula is C21H20N4OS2. The largest absolute Gasteiger partial charge is 0.309 e. The molecule has 142 valence electrons. The number of fused-ring (bicyclic) bond motifs is 4. The first-order valence-corrected chi connectivity index (χ1v) is 11.2. The highest BCUT2D eigenvalue weighted by Gasteiger charge is 2.24. The molecule has 1 aliphatic rings. The Kier molecular flexibility index (Phi) is 4.44. The summed E-state index contributed by atoms with van der Waals surface area (Å²) < 4.78 is 0. The van der Waals surface area contributed by atoms with E-state index in [1.54, 1.807) is 35.5 Å². The smallest absolute Gasteiger partial charge is 0.258 e. The van der Waals surface area contributed by atoms with Gasteiger partial charge in [0.15, 0.2) is 0 Å². The average molecular weight is 409 g/mol. The first-order chi connectivity index (χ1) is 13.6. The molecule has 0 spiro atoms. The first kappa shape index (κ1) is 17.8. The molecule has 5 nitrogen and oxygen atoms in total. The number of rotatable bonds is 3. The zero-order chi connectivity index (χ0) is 19.3. The lowest BCUT2D eigenvalue weighted by atomic mass is 9.89. The topological polar surface area (TPSA) is 71.5 Å². The van der Waals surface area contributed by atoms with Crippen LogP contribution in [0.3, 0.4) is 0 Å². The Balaban J connectivity index is 1.54. The van der Waals surface area contributed by atoms with Crippen molar-refractivity contribution in [2.75, 3.05) is 0 Å². The van der Waals surface area contributed by atoms with Crippen molar-refractivity contribution in [2.24, 2.45) is 5.92 Å². The van der Waals surface area contributed by atoms with Gasteiger partial charge in [-0.1, -0.05) is 30.8 Å². The van der Waals surface area contributed by atoms with Crippen molar-refractivity contribution in [1.82, 2.24) is 19.9 Å². The Morgan fingerprint density at radius 1 is 1.29 bits per heavy atom. The Labute approximate surface area is 170 Å². The highest BCUT2D eigenvalue weighted by atomic mass is 32.2. The molecule has 1 aliphatic carbocycles. The standard InChI is InChI=1S/C21H20N4OS2/c1-11-7-8-14-16(9-11)28-21-17(14)20(22-10-23-21)27-12(2)18-24-15-6-4-3-5-13(15)19(26)25-18/h3-6,10-12H,7-9H2,1-2H3,(H,24,25,26)/t11-,12-/m0/s1. The van der Waals surface area contributed by atoms with Crippen LogP contribution in [0, 0.1) is 5.92 Å². The van der Waals surface area contributed by atoms with Crippen molar-refractivity contribution in [3.8, 4) is 0 Å². The van der Waals surface area contributed by atoms with Gasteiger partial charge in [0.05, 0.1) is 16.2 Å². The number of para-hydroxylation sites is 1. The van der Waals surface area contributed by atoms with E-state index in [9.17, 15) is 4.79 Å². The fourth-order valence-corrected chi connectivity index (χ4v) is 6.27. The lowest BCUT2D eigenvalue weighted by Crippen LogP contribution is -2.13. The normalized spacial score (nSPS) is 17.7. The Hall–Kier alpha value is -2.25. The molecule has 5 rings (SSSR count). The van der Waals surface area contributed by atoms with Crippen LogP contribution < -0.4 is 5.56 Å². The number of aromatic nitrogens is 4. The van der Waals surface area contributed by atoms with E-state index in [-0.39, 0.29) is 10.8 Å². The predicted molar refractivity (Wildman–Crippen MR) is 115 cm³/mol. The molecule has 0 fully saturated rings. The van der Waals surface area contributed by atoms with Crippen LogP contribution in [0.5, 0.6) is 0 Å². The average Bonchev–Trinajstić information content (AvgIpc) is 3.06. The molecule has 4 aromatic rings. The van der Waals surface area contributed by atoms with Gasteiger partial charge in [0, 0.05) is 10.3 Å². The van der Waals surface area contributed by atoms with Crippen molar-refractivity contribution in [2.45, 2.75) is 43.4 Å². The second-order valence-electron chi connectivity index (χ2n) is 7.44. The van der Waals surface area contributed by atoms with E-state index >= 15 is 0 Å². The van der Waals surface area contributed by atoms with E-state index in [4.69, 9.17) is 0 Å². The van der Waals surface area contributed by atoms with Crippen LogP contribution >= 0.6 is 23.1 Å². The van der Waals surface area contributed by atoms with Crippen LogP contribution in [0.1, 0.15) is 41.8 Å². The van der Waals surface area contributed by atoms with Gasteiger partial charge in [-0.05, 0) is 49.8 Å². The second kappa shape index (κ2) is 6.97. The molecule has 0 amide bonds. The minimum absolute atomic E-state index is 0.0199. The number of nitrogens with one attached hydrogen (secondary N) is 1. The van der Waals surface area contributed by atoms with Gasteiger partial charge >= 0.3 is 0 Å². The summed E-state index contributed by atoms with van der Waals surface area (Å²) in [7, 11) is 0. The maximum atomic E-state index is 12.4. The van der Waals surface area contributed by atoms with Crippen molar-refractivity contribution in [3.63, 3.8) is 0 Å². The maximum Gasteiger partial charge on any atom is 0.258 e. The van der Waals surface area contributed by atoms with Gasteiger partial charge < -0.3 is 4.98 Å². The summed E-state index contributed by atoms with van der Waals surface area (Å²) in [5.41, 5.74) is 2.06. The van der Waals surface area contributed by atoms with Crippen molar-refractivity contribution in [1.29, 1.82) is 0 Å². The summed E-state index contributed by atoms with van der Waals surface area (Å²) in [6.07, 6.45) is 5.10. The van der Waals surface area contributed by atoms with E-state index in [0.717, 1.165) is 34.1 Å². The Bertz CT molecular complexity index is 1250. The van der Waals surface area contributed by atoms with Crippen LogP contribution in [0.4, 0.5) is 0 Å². The first-order valence-electron chi connectivity index (χ1n) is 9.51. The number of aromatic amines is 1. The highest BCUT2D eigenvalue weighted by molar-refractivity contribution is 7.99. The zero-order valence-electron chi connectivity index (χ0n) is 15.7. The van der Waals surface area contributed by atoms with E-state index in [1.165, 1.54) is 22.2 Å². The van der Waals surface area contributed by atoms with Gasteiger partial charge in [0.2, 0.25) is 0 Å². The predicted octanol–water partition coefficient (Wildman–Crippen LogP) is 4.91. The fraction of sp³-hybridized carbons (Fsp3) is 0.333. The lowest BCUT2D eigenvalue weighted by molar-refractivity contribution is 0.509. The molecule has 3 aromatic heterocycles. The summed E-state index contributed by atoms with van der Waals surface area (Å²) >= 11 is 3.45. The molecule has 2 atom stereocenters. The number of thioether (sulfide) groups is 1. The lowest BCUT2D eigenvalue weighted by Gasteiger charge is -2.18. The third kappa shape index (κ3) is 3.02. The van der Waals surface area contributed by atoms with E-state index in [2.05, 4.69) is 33.8 Å². The number of H-pyrrole nitrogens is 1. The highest BCUT2D eigenvalue weighted by Crippen LogP contribution is 2.43. The summed E-state index contributed by atoms with van der Waals surface area (Å²) in [5, 5.41) is 2.79. The van der Waals surface area contributed by atoms with Gasteiger partial charge in [-0.2, -0.15) is 0 Å². The van der Waals surface area contributed by atoms with Gasteiger partial charge in [0.1, 0.15) is 22.0 Å². The quantitative estimate of drug-likeness (QED) is 0.385. The zero-order valence-corrected chi connectivity index (χ0v) is 17.4. The van der Waals surface area contributed by atoms with Crippen LogP contribution in [-0.4, -0.2) is 19.9 Å². The minimum atomic E-state index is -0.0946. The summed E-state index contributed by atoms with van der Waals surface area (Å²) in [6.45, 7) is 4.38. The Morgan fingerprint density at radius 2 is 2.14 bits per heavy atom. The molecular weight excluding hydrogens is 388 g/mol. The van der Waals surface area contributed by atoms with Crippen molar-refractivity contribution >= 4 is 44.2 Å². The number of benzene rings is 1. The molecule has 0 saturated heterocycles. The van der Waals surface area contributed by atoms with Crippen molar-refractivity contribution < 1.29 is 0 Å². The minimum Gasteiger partial charge on any atom is -0.309 e. The monoisotopic (exact) mass is 408 g/mol.